The molecule has 5 heteroatoms. The predicted octanol–water partition coefficient (Wildman–Crippen LogP) is 3.82. The molecule has 0 fully saturated rings. The van der Waals surface area contributed by atoms with Crippen LogP contribution in [-0.4, -0.2) is 4.92 Å². The first-order chi connectivity index (χ1) is 9.08. The molecule has 1 atom stereocenters. The van der Waals surface area contributed by atoms with Gasteiger partial charge in [0, 0.05) is 29.6 Å². The summed E-state index contributed by atoms with van der Waals surface area (Å²) in [6, 6.07) is 9.06. The molecular formula is C14H16N2O2S. The highest BCUT2D eigenvalue weighted by atomic mass is 32.1. The molecule has 100 valence electrons. The summed E-state index contributed by atoms with van der Waals surface area (Å²) in [4.78, 5) is 11.5. The van der Waals surface area contributed by atoms with Crippen LogP contribution in [-0.2, 0) is 6.54 Å². The van der Waals surface area contributed by atoms with Crippen LogP contribution >= 0.6 is 11.3 Å². The van der Waals surface area contributed by atoms with Gasteiger partial charge in [-0.05, 0) is 36.4 Å². The van der Waals surface area contributed by atoms with Crippen molar-refractivity contribution in [2.24, 2.45) is 0 Å². The zero-order valence-electron chi connectivity index (χ0n) is 10.9. The van der Waals surface area contributed by atoms with Crippen LogP contribution in [0.4, 0.5) is 5.69 Å². The molecule has 1 unspecified atom stereocenters. The van der Waals surface area contributed by atoms with E-state index in [1.54, 1.807) is 23.5 Å². The molecule has 2 aromatic rings. The van der Waals surface area contributed by atoms with Gasteiger partial charge in [-0.2, -0.15) is 0 Å². The van der Waals surface area contributed by atoms with Crippen molar-refractivity contribution < 1.29 is 4.92 Å². The second kappa shape index (κ2) is 5.95. The Morgan fingerprint density at radius 2 is 2.00 bits per heavy atom. The number of aryl methyl sites for hydroxylation is 1. The Bertz CT molecular complexity index is 563. The number of nitro groups is 1. The molecule has 19 heavy (non-hydrogen) atoms. The van der Waals surface area contributed by atoms with Crippen molar-refractivity contribution >= 4 is 17.0 Å². The molecule has 0 aliphatic carbocycles. The fourth-order valence-corrected chi connectivity index (χ4v) is 2.89. The van der Waals surface area contributed by atoms with Gasteiger partial charge in [0.25, 0.3) is 5.69 Å². The number of thiophene rings is 1. The zero-order chi connectivity index (χ0) is 13.8. The Morgan fingerprint density at radius 3 is 2.53 bits per heavy atom. The van der Waals surface area contributed by atoms with Crippen molar-refractivity contribution in [1.29, 1.82) is 0 Å². The molecule has 0 radical (unpaired) electrons. The monoisotopic (exact) mass is 276 g/mol. The standard InChI is InChI=1S/C14H16N2O2S/c1-10-7-8-19-14(10)11(2)15-9-12-3-5-13(6-4-12)16(17)18/h3-8,11,15H,9H2,1-2H3. The van der Waals surface area contributed by atoms with Crippen molar-refractivity contribution in [3.63, 3.8) is 0 Å². The van der Waals surface area contributed by atoms with Gasteiger partial charge in [-0.25, -0.2) is 0 Å². The quantitative estimate of drug-likeness (QED) is 0.667. The van der Waals surface area contributed by atoms with E-state index in [4.69, 9.17) is 0 Å². The third-order valence-corrected chi connectivity index (χ3v) is 4.26. The fourth-order valence-electron chi connectivity index (χ4n) is 1.93. The minimum Gasteiger partial charge on any atom is -0.305 e. The van der Waals surface area contributed by atoms with E-state index in [0.717, 1.165) is 5.56 Å². The van der Waals surface area contributed by atoms with Gasteiger partial charge in [0.05, 0.1) is 4.92 Å². The lowest BCUT2D eigenvalue weighted by Crippen LogP contribution is -2.17. The third-order valence-electron chi connectivity index (χ3n) is 3.05. The highest BCUT2D eigenvalue weighted by Crippen LogP contribution is 2.23. The van der Waals surface area contributed by atoms with Gasteiger partial charge in [-0.15, -0.1) is 11.3 Å². The fraction of sp³-hybridized carbons (Fsp3) is 0.286. The maximum Gasteiger partial charge on any atom is 0.269 e. The second-order valence-electron chi connectivity index (χ2n) is 4.49. The van der Waals surface area contributed by atoms with Gasteiger partial charge in [-0.1, -0.05) is 12.1 Å². The second-order valence-corrected chi connectivity index (χ2v) is 5.44. The van der Waals surface area contributed by atoms with Crippen LogP contribution in [0.25, 0.3) is 0 Å². The summed E-state index contributed by atoms with van der Waals surface area (Å²) in [5.41, 5.74) is 2.48. The van der Waals surface area contributed by atoms with Gasteiger partial charge in [0.15, 0.2) is 0 Å². The molecule has 1 heterocycles. The van der Waals surface area contributed by atoms with Crippen molar-refractivity contribution in [2.75, 3.05) is 0 Å². The van der Waals surface area contributed by atoms with Crippen LogP contribution in [0.3, 0.4) is 0 Å². The molecule has 0 saturated carbocycles. The zero-order valence-corrected chi connectivity index (χ0v) is 11.7. The van der Waals surface area contributed by atoms with Gasteiger partial charge in [0.1, 0.15) is 0 Å². The SMILES string of the molecule is Cc1ccsc1C(C)NCc1ccc([N+](=O)[O-])cc1. The van der Waals surface area contributed by atoms with Crippen LogP contribution in [0.1, 0.15) is 29.0 Å². The molecule has 1 aromatic heterocycles. The Hall–Kier alpha value is -1.72. The first-order valence-electron chi connectivity index (χ1n) is 6.08. The van der Waals surface area contributed by atoms with Crippen LogP contribution in [0, 0.1) is 17.0 Å². The van der Waals surface area contributed by atoms with Crippen molar-refractivity contribution in [3.05, 3.63) is 61.8 Å². The van der Waals surface area contributed by atoms with Crippen molar-refractivity contribution in [2.45, 2.75) is 26.4 Å². The summed E-state index contributed by atoms with van der Waals surface area (Å²) in [7, 11) is 0. The first-order valence-corrected chi connectivity index (χ1v) is 6.96. The Morgan fingerprint density at radius 1 is 1.32 bits per heavy atom. The normalized spacial score (nSPS) is 12.3. The molecule has 4 nitrogen and oxygen atoms in total. The topological polar surface area (TPSA) is 55.2 Å². The summed E-state index contributed by atoms with van der Waals surface area (Å²) < 4.78 is 0. The highest BCUT2D eigenvalue weighted by Gasteiger charge is 2.09. The molecule has 1 N–H and O–H groups in total. The maximum atomic E-state index is 10.6. The summed E-state index contributed by atoms with van der Waals surface area (Å²) in [5.74, 6) is 0. The van der Waals surface area contributed by atoms with E-state index < -0.39 is 0 Å². The average Bonchev–Trinajstić information content (AvgIpc) is 2.83. The van der Waals surface area contributed by atoms with E-state index in [0.29, 0.717) is 6.54 Å². The van der Waals surface area contributed by atoms with Gasteiger partial charge in [0.2, 0.25) is 0 Å². The van der Waals surface area contributed by atoms with E-state index in [1.165, 1.54) is 22.6 Å². The lowest BCUT2D eigenvalue weighted by Gasteiger charge is -2.13. The summed E-state index contributed by atoms with van der Waals surface area (Å²) in [6.45, 7) is 4.94. The van der Waals surface area contributed by atoms with Gasteiger partial charge in [-0.3, -0.25) is 10.1 Å². The molecule has 1 aromatic carbocycles. The average molecular weight is 276 g/mol. The minimum absolute atomic E-state index is 0.130. The molecule has 0 bridgehead atoms. The first kappa shape index (κ1) is 13.7. The number of nitrogens with zero attached hydrogens (tertiary/aromatic N) is 1. The summed E-state index contributed by atoms with van der Waals surface area (Å²) in [5, 5.41) is 16.1. The predicted molar refractivity (Wildman–Crippen MR) is 77.4 cm³/mol. The third kappa shape index (κ3) is 3.39. The Balaban J connectivity index is 1.95. The number of non-ortho nitro benzene ring substituents is 1. The van der Waals surface area contributed by atoms with Crippen LogP contribution in [0.2, 0.25) is 0 Å². The van der Waals surface area contributed by atoms with Gasteiger partial charge < -0.3 is 5.32 Å². The number of nitrogens with one attached hydrogen (secondary N) is 1. The van der Waals surface area contributed by atoms with Crippen LogP contribution in [0.15, 0.2) is 35.7 Å². The summed E-state index contributed by atoms with van der Waals surface area (Å²) in [6.07, 6.45) is 0. The van der Waals surface area contributed by atoms with Crippen LogP contribution < -0.4 is 5.32 Å². The number of nitro benzene ring substituents is 1. The van der Waals surface area contributed by atoms with E-state index >= 15 is 0 Å². The van der Waals surface area contributed by atoms with E-state index in [1.807, 2.05) is 0 Å². The number of rotatable bonds is 5. The molecule has 0 saturated heterocycles. The Kier molecular flexibility index (Phi) is 4.29. The van der Waals surface area contributed by atoms with E-state index in [9.17, 15) is 10.1 Å². The van der Waals surface area contributed by atoms with Crippen molar-refractivity contribution in [3.8, 4) is 0 Å². The molecule has 0 amide bonds. The van der Waals surface area contributed by atoms with E-state index in [-0.39, 0.29) is 16.7 Å². The summed E-state index contributed by atoms with van der Waals surface area (Å²) >= 11 is 1.75. The minimum atomic E-state index is -0.380. The molecule has 0 spiro atoms. The Labute approximate surface area is 116 Å². The highest BCUT2D eigenvalue weighted by molar-refractivity contribution is 7.10. The smallest absolute Gasteiger partial charge is 0.269 e. The lowest BCUT2D eigenvalue weighted by atomic mass is 10.1. The van der Waals surface area contributed by atoms with Gasteiger partial charge >= 0.3 is 0 Å². The van der Waals surface area contributed by atoms with Crippen LogP contribution in [0.5, 0.6) is 0 Å². The molecule has 0 aliphatic heterocycles. The van der Waals surface area contributed by atoms with E-state index in [2.05, 4.69) is 30.6 Å². The lowest BCUT2D eigenvalue weighted by molar-refractivity contribution is -0.384. The number of hydrogen-bond acceptors (Lipinski definition) is 4. The number of benzene rings is 1. The largest absolute Gasteiger partial charge is 0.305 e. The maximum absolute atomic E-state index is 10.6. The molecule has 2 rings (SSSR count). The molecular weight excluding hydrogens is 260 g/mol. The van der Waals surface area contributed by atoms with Crippen molar-refractivity contribution in [1.82, 2.24) is 5.32 Å². The molecule has 0 aliphatic rings. The number of hydrogen-bond donors (Lipinski definition) is 1.